The molecule has 0 aliphatic heterocycles. The Labute approximate surface area is 107 Å². The fourth-order valence-corrected chi connectivity index (χ4v) is 1.64. The normalized spacial score (nSPS) is 10.8. The number of rotatable bonds is 4. The van der Waals surface area contributed by atoms with E-state index in [1.807, 2.05) is 72.4 Å². The zero-order chi connectivity index (χ0) is 13.0. The summed E-state index contributed by atoms with van der Waals surface area (Å²) >= 11 is 0. The molecule has 1 aromatic carbocycles. The SMILES string of the molecule is CN(C)C=CC(=O)c1cccc(-n2cccc2)c1. The topological polar surface area (TPSA) is 25.2 Å². The van der Waals surface area contributed by atoms with Crippen LogP contribution < -0.4 is 0 Å². The summed E-state index contributed by atoms with van der Waals surface area (Å²) in [6.07, 6.45) is 7.25. The summed E-state index contributed by atoms with van der Waals surface area (Å²) in [6, 6.07) is 11.5. The van der Waals surface area contributed by atoms with E-state index in [4.69, 9.17) is 0 Å². The fraction of sp³-hybridized carbons (Fsp3) is 0.133. The molecule has 3 nitrogen and oxygen atoms in total. The quantitative estimate of drug-likeness (QED) is 0.606. The van der Waals surface area contributed by atoms with E-state index in [0.717, 1.165) is 5.69 Å². The minimum Gasteiger partial charge on any atom is -0.383 e. The third-order valence-corrected chi connectivity index (χ3v) is 2.56. The summed E-state index contributed by atoms with van der Waals surface area (Å²) in [6.45, 7) is 0. The molecule has 0 aliphatic rings. The molecule has 2 aromatic rings. The fourth-order valence-electron chi connectivity index (χ4n) is 1.64. The Morgan fingerprint density at radius 1 is 1.17 bits per heavy atom. The van der Waals surface area contributed by atoms with E-state index < -0.39 is 0 Å². The molecule has 18 heavy (non-hydrogen) atoms. The number of ketones is 1. The highest BCUT2D eigenvalue weighted by Crippen LogP contribution is 2.11. The van der Waals surface area contributed by atoms with Crippen molar-refractivity contribution in [3.63, 3.8) is 0 Å². The van der Waals surface area contributed by atoms with E-state index in [9.17, 15) is 4.79 Å². The molecule has 0 spiro atoms. The third kappa shape index (κ3) is 2.88. The first-order chi connectivity index (χ1) is 8.66. The first kappa shape index (κ1) is 12.2. The number of aromatic nitrogens is 1. The maximum absolute atomic E-state index is 11.9. The standard InChI is InChI=1S/C15H16N2O/c1-16(2)11-8-15(18)13-6-5-7-14(12-13)17-9-3-4-10-17/h3-12H,1-2H3. The molecule has 0 fully saturated rings. The van der Waals surface area contributed by atoms with E-state index >= 15 is 0 Å². The van der Waals surface area contributed by atoms with Crippen molar-refractivity contribution in [2.75, 3.05) is 14.1 Å². The first-order valence-electron chi connectivity index (χ1n) is 5.79. The summed E-state index contributed by atoms with van der Waals surface area (Å²) in [5.41, 5.74) is 1.68. The van der Waals surface area contributed by atoms with Crippen molar-refractivity contribution in [3.05, 3.63) is 66.6 Å². The molecular formula is C15H16N2O. The molecular weight excluding hydrogens is 224 g/mol. The Morgan fingerprint density at radius 3 is 2.56 bits per heavy atom. The predicted octanol–water partition coefficient (Wildman–Crippen LogP) is 2.74. The van der Waals surface area contributed by atoms with Crippen LogP contribution in [0.25, 0.3) is 5.69 Å². The highest BCUT2D eigenvalue weighted by molar-refractivity contribution is 6.04. The Bertz CT molecular complexity index is 554. The molecule has 3 heteroatoms. The van der Waals surface area contributed by atoms with Gasteiger partial charge in [0.1, 0.15) is 0 Å². The van der Waals surface area contributed by atoms with Gasteiger partial charge in [-0.15, -0.1) is 0 Å². The average molecular weight is 240 g/mol. The molecule has 0 bridgehead atoms. The van der Waals surface area contributed by atoms with Gasteiger partial charge >= 0.3 is 0 Å². The molecule has 0 saturated heterocycles. The van der Waals surface area contributed by atoms with Crippen molar-refractivity contribution >= 4 is 5.78 Å². The number of hydrogen-bond acceptors (Lipinski definition) is 2. The van der Waals surface area contributed by atoms with Crippen molar-refractivity contribution in [3.8, 4) is 5.69 Å². The number of carbonyl (C=O) groups excluding carboxylic acids is 1. The van der Waals surface area contributed by atoms with Crippen molar-refractivity contribution in [1.29, 1.82) is 0 Å². The van der Waals surface area contributed by atoms with Gasteiger partial charge in [-0.3, -0.25) is 4.79 Å². The van der Waals surface area contributed by atoms with Gasteiger partial charge in [0.25, 0.3) is 0 Å². The molecule has 1 heterocycles. The van der Waals surface area contributed by atoms with Crippen LogP contribution >= 0.6 is 0 Å². The molecule has 0 unspecified atom stereocenters. The molecule has 0 aliphatic carbocycles. The number of benzene rings is 1. The van der Waals surface area contributed by atoms with Gasteiger partial charge < -0.3 is 9.47 Å². The third-order valence-electron chi connectivity index (χ3n) is 2.56. The second-order valence-corrected chi connectivity index (χ2v) is 4.28. The van der Waals surface area contributed by atoms with Crippen LogP contribution in [0, 0.1) is 0 Å². The molecule has 0 saturated carbocycles. The van der Waals surface area contributed by atoms with Crippen LogP contribution in [0.5, 0.6) is 0 Å². The lowest BCUT2D eigenvalue weighted by Gasteiger charge is -2.05. The number of nitrogens with zero attached hydrogens (tertiary/aromatic N) is 2. The van der Waals surface area contributed by atoms with Gasteiger partial charge in [0.2, 0.25) is 0 Å². The highest BCUT2D eigenvalue weighted by Gasteiger charge is 2.03. The van der Waals surface area contributed by atoms with Crippen LogP contribution in [0.2, 0.25) is 0 Å². The summed E-state index contributed by atoms with van der Waals surface area (Å²) in [5, 5.41) is 0. The molecule has 0 atom stereocenters. The lowest BCUT2D eigenvalue weighted by molar-refractivity contribution is 0.104. The Balaban J connectivity index is 2.25. The molecule has 0 N–H and O–H groups in total. The Hall–Kier alpha value is -2.29. The molecule has 2 rings (SSSR count). The summed E-state index contributed by atoms with van der Waals surface area (Å²) in [4.78, 5) is 13.8. The van der Waals surface area contributed by atoms with Gasteiger partial charge in [0.15, 0.2) is 5.78 Å². The van der Waals surface area contributed by atoms with Gasteiger partial charge in [-0.25, -0.2) is 0 Å². The first-order valence-corrected chi connectivity index (χ1v) is 5.79. The smallest absolute Gasteiger partial charge is 0.187 e. The minimum atomic E-state index is 0.0118. The number of carbonyl (C=O) groups is 1. The monoisotopic (exact) mass is 240 g/mol. The molecule has 0 amide bonds. The van der Waals surface area contributed by atoms with Gasteiger partial charge in [-0.05, 0) is 24.3 Å². The predicted molar refractivity (Wildman–Crippen MR) is 72.9 cm³/mol. The van der Waals surface area contributed by atoms with E-state index in [0.29, 0.717) is 5.56 Å². The van der Waals surface area contributed by atoms with Crippen LogP contribution in [0.4, 0.5) is 0 Å². The lowest BCUT2D eigenvalue weighted by atomic mass is 10.1. The summed E-state index contributed by atoms with van der Waals surface area (Å²) in [5.74, 6) is 0.0118. The minimum absolute atomic E-state index is 0.0118. The number of allylic oxidation sites excluding steroid dienone is 1. The van der Waals surface area contributed by atoms with Crippen LogP contribution in [-0.2, 0) is 0 Å². The Kier molecular flexibility index (Phi) is 3.63. The van der Waals surface area contributed by atoms with Gasteiger partial charge in [-0.2, -0.15) is 0 Å². The average Bonchev–Trinajstić information content (AvgIpc) is 2.90. The van der Waals surface area contributed by atoms with Gasteiger partial charge in [0, 0.05) is 50.0 Å². The zero-order valence-electron chi connectivity index (χ0n) is 10.6. The van der Waals surface area contributed by atoms with Crippen LogP contribution in [0.1, 0.15) is 10.4 Å². The van der Waals surface area contributed by atoms with Crippen molar-refractivity contribution in [2.24, 2.45) is 0 Å². The van der Waals surface area contributed by atoms with E-state index in [2.05, 4.69) is 0 Å². The zero-order valence-corrected chi connectivity index (χ0v) is 10.6. The second kappa shape index (κ2) is 5.36. The lowest BCUT2D eigenvalue weighted by Crippen LogP contribution is -2.03. The molecule has 92 valence electrons. The second-order valence-electron chi connectivity index (χ2n) is 4.28. The largest absolute Gasteiger partial charge is 0.383 e. The van der Waals surface area contributed by atoms with E-state index in [-0.39, 0.29) is 5.78 Å². The maximum Gasteiger partial charge on any atom is 0.187 e. The van der Waals surface area contributed by atoms with Gasteiger partial charge in [-0.1, -0.05) is 12.1 Å². The summed E-state index contributed by atoms with van der Waals surface area (Å²) < 4.78 is 1.98. The van der Waals surface area contributed by atoms with Crippen molar-refractivity contribution in [1.82, 2.24) is 9.47 Å². The molecule has 0 radical (unpaired) electrons. The maximum atomic E-state index is 11.9. The number of hydrogen-bond donors (Lipinski definition) is 0. The van der Waals surface area contributed by atoms with Crippen LogP contribution in [0.3, 0.4) is 0 Å². The summed E-state index contributed by atoms with van der Waals surface area (Å²) in [7, 11) is 3.78. The highest BCUT2D eigenvalue weighted by atomic mass is 16.1. The van der Waals surface area contributed by atoms with E-state index in [1.165, 1.54) is 0 Å². The van der Waals surface area contributed by atoms with Crippen molar-refractivity contribution in [2.45, 2.75) is 0 Å². The molecule has 1 aromatic heterocycles. The van der Waals surface area contributed by atoms with Crippen LogP contribution in [0.15, 0.2) is 61.1 Å². The van der Waals surface area contributed by atoms with Gasteiger partial charge in [0.05, 0.1) is 0 Å². The van der Waals surface area contributed by atoms with E-state index in [1.54, 1.807) is 12.3 Å². The van der Waals surface area contributed by atoms with Crippen LogP contribution in [-0.4, -0.2) is 29.3 Å². The van der Waals surface area contributed by atoms with Crippen molar-refractivity contribution < 1.29 is 4.79 Å². The Morgan fingerprint density at radius 2 is 1.89 bits per heavy atom.